The fourth-order valence-electron chi connectivity index (χ4n) is 1.96. The Morgan fingerprint density at radius 3 is 3.07 bits per heavy atom. The number of hydrogen-bond acceptors (Lipinski definition) is 3. The Morgan fingerprint density at radius 2 is 2.33 bits per heavy atom. The molecular formula is C11H15BrN2O. The van der Waals surface area contributed by atoms with Crippen molar-refractivity contribution in [3.8, 4) is 0 Å². The second-order valence-electron chi connectivity index (χ2n) is 3.83. The largest absolute Gasteiger partial charge is 0.369 e. The Balaban J connectivity index is 2.09. The van der Waals surface area contributed by atoms with Crippen LogP contribution in [0.4, 0.5) is 5.69 Å². The van der Waals surface area contributed by atoms with Crippen molar-refractivity contribution in [1.82, 2.24) is 0 Å². The van der Waals surface area contributed by atoms with Crippen molar-refractivity contribution in [3.05, 3.63) is 28.7 Å². The topological polar surface area (TPSA) is 38.5 Å². The van der Waals surface area contributed by atoms with Gasteiger partial charge in [0.2, 0.25) is 0 Å². The van der Waals surface area contributed by atoms with Gasteiger partial charge in [0.25, 0.3) is 0 Å². The summed E-state index contributed by atoms with van der Waals surface area (Å²) in [6.07, 6.45) is 2.35. The van der Waals surface area contributed by atoms with Crippen molar-refractivity contribution in [1.29, 1.82) is 0 Å². The monoisotopic (exact) mass is 270 g/mol. The average molecular weight is 271 g/mol. The molecule has 1 aliphatic rings. The first-order valence-corrected chi connectivity index (χ1v) is 5.95. The summed E-state index contributed by atoms with van der Waals surface area (Å²) in [4.78, 5) is 7.23. The van der Waals surface area contributed by atoms with Crippen LogP contribution in [0.2, 0.25) is 0 Å². The van der Waals surface area contributed by atoms with Crippen molar-refractivity contribution in [2.24, 2.45) is 5.90 Å². The van der Waals surface area contributed by atoms with Crippen molar-refractivity contribution >= 4 is 21.6 Å². The third-order valence-corrected chi connectivity index (χ3v) is 3.24. The first-order valence-electron chi connectivity index (χ1n) is 5.15. The van der Waals surface area contributed by atoms with E-state index >= 15 is 0 Å². The van der Waals surface area contributed by atoms with E-state index in [1.54, 1.807) is 0 Å². The van der Waals surface area contributed by atoms with Crippen LogP contribution in [0.3, 0.4) is 0 Å². The summed E-state index contributed by atoms with van der Waals surface area (Å²) in [5.74, 6) is 5.24. The Labute approximate surface area is 98.3 Å². The summed E-state index contributed by atoms with van der Waals surface area (Å²) in [7, 11) is 0. The van der Waals surface area contributed by atoms with Gasteiger partial charge >= 0.3 is 0 Å². The fourth-order valence-corrected chi connectivity index (χ4v) is 2.34. The van der Waals surface area contributed by atoms with Gasteiger partial charge in [0.05, 0.1) is 6.10 Å². The molecule has 1 aliphatic heterocycles. The van der Waals surface area contributed by atoms with E-state index in [0.717, 1.165) is 30.4 Å². The molecule has 1 saturated heterocycles. The van der Waals surface area contributed by atoms with E-state index in [0.29, 0.717) is 0 Å². The molecule has 3 nitrogen and oxygen atoms in total. The maximum absolute atomic E-state index is 5.24. The summed E-state index contributed by atoms with van der Waals surface area (Å²) < 4.78 is 1.11. The molecule has 1 aromatic carbocycles. The van der Waals surface area contributed by atoms with Crippen molar-refractivity contribution in [3.63, 3.8) is 0 Å². The van der Waals surface area contributed by atoms with E-state index in [1.165, 1.54) is 5.69 Å². The van der Waals surface area contributed by atoms with Gasteiger partial charge in [-0.05, 0) is 31.0 Å². The molecule has 0 aromatic heterocycles. The highest BCUT2D eigenvalue weighted by Crippen LogP contribution is 2.23. The van der Waals surface area contributed by atoms with Crippen LogP contribution in [0.15, 0.2) is 28.7 Å². The lowest BCUT2D eigenvalue weighted by molar-refractivity contribution is 0.0435. The average Bonchev–Trinajstić information content (AvgIpc) is 2.29. The molecule has 0 bridgehead atoms. The first kappa shape index (κ1) is 10.9. The first-order chi connectivity index (χ1) is 7.29. The molecular weight excluding hydrogens is 256 g/mol. The van der Waals surface area contributed by atoms with Gasteiger partial charge < -0.3 is 4.90 Å². The smallest absolute Gasteiger partial charge is 0.0962 e. The molecule has 0 radical (unpaired) electrons. The molecule has 0 aliphatic carbocycles. The summed E-state index contributed by atoms with van der Waals surface area (Å²) in [5.41, 5.74) is 1.23. The number of hydrogen-bond donors (Lipinski definition) is 1. The molecule has 0 amide bonds. The van der Waals surface area contributed by atoms with Crippen LogP contribution in [0, 0.1) is 0 Å². The normalized spacial score (nSPS) is 21.7. The lowest BCUT2D eigenvalue weighted by atomic mass is 10.1. The predicted molar refractivity (Wildman–Crippen MR) is 64.6 cm³/mol. The highest BCUT2D eigenvalue weighted by atomic mass is 79.9. The second kappa shape index (κ2) is 4.96. The Bertz CT molecular complexity index is 332. The van der Waals surface area contributed by atoms with E-state index in [9.17, 15) is 0 Å². The Kier molecular flexibility index (Phi) is 3.61. The molecule has 1 heterocycles. The van der Waals surface area contributed by atoms with E-state index < -0.39 is 0 Å². The van der Waals surface area contributed by atoms with Gasteiger partial charge in [0.15, 0.2) is 0 Å². The zero-order chi connectivity index (χ0) is 10.7. The molecule has 1 fully saturated rings. The van der Waals surface area contributed by atoms with Gasteiger partial charge in [-0.25, -0.2) is 5.90 Å². The zero-order valence-corrected chi connectivity index (χ0v) is 10.1. The molecule has 15 heavy (non-hydrogen) atoms. The van der Waals surface area contributed by atoms with Crippen LogP contribution in [0.5, 0.6) is 0 Å². The van der Waals surface area contributed by atoms with Crippen LogP contribution in [0.25, 0.3) is 0 Å². The standard InChI is InChI=1S/C11H15BrN2O/c12-9-3-1-4-10(7-9)14-6-2-5-11(8-14)15-13/h1,3-4,7,11H,2,5-6,8,13H2. The van der Waals surface area contributed by atoms with Crippen LogP contribution >= 0.6 is 15.9 Å². The van der Waals surface area contributed by atoms with Crippen LogP contribution in [-0.2, 0) is 4.84 Å². The maximum Gasteiger partial charge on any atom is 0.0962 e. The number of nitrogens with zero attached hydrogens (tertiary/aromatic N) is 1. The van der Waals surface area contributed by atoms with Crippen LogP contribution < -0.4 is 10.8 Å². The number of anilines is 1. The fraction of sp³-hybridized carbons (Fsp3) is 0.455. The number of halogens is 1. The van der Waals surface area contributed by atoms with Gasteiger partial charge in [0.1, 0.15) is 0 Å². The van der Waals surface area contributed by atoms with Gasteiger partial charge in [-0.1, -0.05) is 22.0 Å². The molecule has 1 aromatic rings. The number of nitrogens with two attached hydrogens (primary N) is 1. The quantitative estimate of drug-likeness (QED) is 0.839. The maximum atomic E-state index is 5.24. The van der Waals surface area contributed by atoms with Gasteiger partial charge in [-0.2, -0.15) is 0 Å². The number of benzene rings is 1. The summed E-state index contributed by atoms with van der Waals surface area (Å²) >= 11 is 3.48. The minimum Gasteiger partial charge on any atom is -0.369 e. The lowest BCUT2D eigenvalue weighted by Gasteiger charge is -2.33. The lowest BCUT2D eigenvalue weighted by Crippen LogP contribution is -2.40. The third-order valence-electron chi connectivity index (χ3n) is 2.74. The highest BCUT2D eigenvalue weighted by molar-refractivity contribution is 9.10. The van der Waals surface area contributed by atoms with Gasteiger partial charge in [-0.3, -0.25) is 4.84 Å². The van der Waals surface area contributed by atoms with E-state index in [1.807, 2.05) is 12.1 Å². The predicted octanol–water partition coefficient (Wildman–Crippen LogP) is 2.31. The van der Waals surface area contributed by atoms with Crippen molar-refractivity contribution in [2.75, 3.05) is 18.0 Å². The molecule has 0 spiro atoms. The number of rotatable bonds is 2. The SMILES string of the molecule is NOC1CCCN(c2cccc(Br)c2)C1. The summed E-state index contributed by atoms with van der Waals surface area (Å²) in [6.45, 7) is 1.96. The second-order valence-corrected chi connectivity index (χ2v) is 4.74. The molecule has 0 saturated carbocycles. The number of piperidine rings is 1. The minimum absolute atomic E-state index is 0.165. The Hall–Kier alpha value is -0.580. The highest BCUT2D eigenvalue weighted by Gasteiger charge is 2.20. The Morgan fingerprint density at radius 1 is 1.47 bits per heavy atom. The molecule has 1 atom stereocenters. The van der Waals surface area contributed by atoms with Crippen LogP contribution in [0.1, 0.15) is 12.8 Å². The minimum atomic E-state index is 0.165. The molecule has 2 rings (SSSR count). The molecule has 2 N–H and O–H groups in total. The van der Waals surface area contributed by atoms with Gasteiger partial charge in [-0.15, -0.1) is 0 Å². The van der Waals surface area contributed by atoms with Crippen LogP contribution in [-0.4, -0.2) is 19.2 Å². The van der Waals surface area contributed by atoms with Crippen molar-refractivity contribution < 1.29 is 4.84 Å². The molecule has 4 heteroatoms. The van der Waals surface area contributed by atoms with E-state index in [2.05, 4.69) is 33.0 Å². The molecule has 82 valence electrons. The zero-order valence-electron chi connectivity index (χ0n) is 8.53. The van der Waals surface area contributed by atoms with E-state index in [4.69, 9.17) is 10.7 Å². The third kappa shape index (κ3) is 2.71. The van der Waals surface area contributed by atoms with E-state index in [-0.39, 0.29) is 6.10 Å². The van der Waals surface area contributed by atoms with Gasteiger partial charge in [0, 0.05) is 23.2 Å². The molecule has 1 unspecified atom stereocenters. The summed E-state index contributed by atoms with van der Waals surface area (Å²) in [5, 5.41) is 0. The van der Waals surface area contributed by atoms with Crippen molar-refractivity contribution in [2.45, 2.75) is 18.9 Å². The summed E-state index contributed by atoms with van der Waals surface area (Å²) in [6, 6.07) is 8.32.